The van der Waals surface area contributed by atoms with E-state index in [1.807, 2.05) is 24.3 Å². The molecule has 2 aromatic carbocycles. The summed E-state index contributed by atoms with van der Waals surface area (Å²) in [5, 5.41) is 0. The van der Waals surface area contributed by atoms with Crippen molar-refractivity contribution in [1.29, 1.82) is 0 Å². The van der Waals surface area contributed by atoms with E-state index in [9.17, 15) is 14.0 Å². The van der Waals surface area contributed by atoms with E-state index in [0.29, 0.717) is 31.9 Å². The van der Waals surface area contributed by atoms with Crippen LogP contribution in [0.3, 0.4) is 0 Å². The number of benzene rings is 2. The zero-order chi connectivity index (χ0) is 20.8. The Morgan fingerprint density at radius 2 is 1.72 bits per heavy atom. The van der Waals surface area contributed by atoms with Gasteiger partial charge < -0.3 is 24.0 Å². The topological polar surface area (TPSA) is 68.3 Å². The molecule has 1 saturated heterocycles. The first-order valence-corrected chi connectivity index (χ1v) is 9.20. The number of esters is 1. The Labute approximate surface area is 168 Å². The maximum absolute atomic E-state index is 13.9. The first kappa shape index (κ1) is 20.4. The van der Waals surface area contributed by atoms with Crippen molar-refractivity contribution < 1.29 is 28.2 Å². The molecule has 0 atom stereocenters. The summed E-state index contributed by atoms with van der Waals surface area (Å²) in [6.45, 7) is 1.82. The van der Waals surface area contributed by atoms with Crippen LogP contribution in [0.5, 0.6) is 11.5 Å². The average Bonchev–Trinajstić information content (AvgIpc) is 2.77. The number of hydrogen-bond donors (Lipinski definition) is 0. The molecule has 0 spiro atoms. The van der Waals surface area contributed by atoms with Crippen LogP contribution in [0.2, 0.25) is 0 Å². The van der Waals surface area contributed by atoms with E-state index in [-0.39, 0.29) is 11.5 Å². The summed E-state index contributed by atoms with van der Waals surface area (Å²) >= 11 is 0. The van der Waals surface area contributed by atoms with Crippen molar-refractivity contribution in [2.24, 2.45) is 0 Å². The molecule has 1 aliphatic heterocycles. The first-order chi connectivity index (χ1) is 14.0. The molecule has 0 bridgehead atoms. The number of rotatable bonds is 6. The number of methoxy groups -OCH3 is 2. The summed E-state index contributed by atoms with van der Waals surface area (Å²) in [5.74, 6) is -0.879. The van der Waals surface area contributed by atoms with Gasteiger partial charge in [0, 0.05) is 32.2 Å². The molecule has 1 aliphatic rings. The van der Waals surface area contributed by atoms with Crippen molar-refractivity contribution in [2.75, 3.05) is 51.9 Å². The summed E-state index contributed by atoms with van der Waals surface area (Å²) in [4.78, 5) is 28.2. The number of amides is 1. The van der Waals surface area contributed by atoms with E-state index in [1.165, 1.54) is 19.2 Å². The summed E-state index contributed by atoms with van der Waals surface area (Å²) < 4.78 is 29.2. The van der Waals surface area contributed by atoms with Gasteiger partial charge in [-0.2, -0.15) is 0 Å². The lowest BCUT2D eigenvalue weighted by Gasteiger charge is -2.36. The fraction of sp³-hybridized carbons (Fsp3) is 0.333. The van der Waals surface area contributed by atoms with Crippen LogP contribution in [-0.2, 0) is 9.53 Å². The summed E-state index contributed by atoms with van der Waals surface area (Å²) in [6.07, 6.45) is 0. The minimum Gasteiger partial charge on any atom is -0.497 e. The monoisotopic (exact) mass is 402 g/mol. The van der Waals surface area contributed by atoms with E-state index in [0.717, 1.165) is 17.5 Å². The second-order valence-electron chi connectivity index (χ2n) is 6.46. The Morgan fingerprint density at radius 3 is 2.38 bits per heavy atom. The largest absolute Gasteiger partial charge is 0.497 e. The Kier molecular flexibility index (Phi) is 6.54. The van der Waals surface area contributed by atoms with Gasteiger partial charge in [0.1, 0.15) is 17.3 Å². The normalized spacial score (nSPS) is 13.8. The van der Waals surface area contributed by atoms with Gasteiger partial charge in [-0.05, 0) is 24.3 Å². The molecular weight excluding hydrogens is 379 g/mol. The van der Waals surface area contributed by atoms with Crippen LogP contribution in [0, 0.1) is 5.82 Å². The number of nitrogens with zero attached hydrogens (tertiary/aromatic N) is 2. The van der Waals surface area contributed by atoms with Crippen LogP contribution in [0.1, 0.15) is 10.4 Å². The quantitative estimate of drug-likeness (QED) is 0.691. The minimum absolute atomic E-state index is 0.236. The van der Waals surface area contributed by atoms with Crippen LogP contribution in [0.25, 0.3) is 0 Å². The zero-order valence-corrected chi connectivity index (χ0v) is 16.4. The van der Waals surface area contributed by atoms with E-state index >= 15 is 0 Å². The highest BCUT2D eigenvalue weighted by Crippen LogP contribution is 2.28. The maximum Gasteiger partial charge on any atom is 0.341 e. The van der Waals surface area contributed by atoms with E-state index in [2.05, 4.69) is 4.90 Å². The molecule has 0 unspecified atom stereocenters. The number of ether oxygens (including phenoxy) is 3. The Morgan fingerprint density at radius 1 is 1.00 bits per heavy atom. The molecule has 1 heterocycles. The highest BCUT2D eigenvalue weighted by atomic mass is 19.1. The Bertz CT molecular complexity index is 881. The molecule has 2 aromatic rings. The van der Waals surface area contributed by atoms with Gasteiger partial charge in [-0.1, -0.05) is 12.1 Å². The minimum atomic E-state index is -0.883. The van der Waals surface area contributed by atoms with Crippen molar-refractivity contribution in [3.8, 4) is 11.5 Å². The van der Waals surface area contributed by atoms with Crippen molar-refractivity contribution >= 4 is 17.6 Å². The van der Waals surface area contributed by atoms with Crippen molar-refractivity contribution in [1.82, 2.24) is 4.90 Å². The van der Waals surface area contributed by atoms with Gasteiger partial charge in [0.2, 0.25) is 0 Å². The number of carbonyl (C=O) groups excluding carboxylic acids is 2. The summed E-state index contributed by atoms with van der Waals surface area (Å²) in [7, 11) is 3.03. The second-order valence-corrected chi connectivity index (χ2v) is 6.46. The van der Waals surface area contributed by atoms with Gasteiger partial charge in [-0.25, -0.2) is 9.18 Å². The van der Waals surface area contributed by atoms with Crippen molar-refractivity contribution in [3.05, 3.63) is 53.8 Å². The molecule has 29 heavy (non-hydrogen) atoms. The van der Waals surface area contributed by atoms with E-state index in [4.69, 9.17) is 14.2 Å². The highest BCUT2D eigenvalue weighted by molar-refractivity contribution is 5.91. The van der Waals surface area contributed by atoms with Crippen LogP contribution < -0.4 is 14.4 Å². The lowest BCUT2D eigenvalue weighted by molar-refractivity contribution is -0.134. The molecule has 7 nitrogen and oxygen atoms in total. The summed E-state index contributed by atoms with van der Waals surface area (Å²) in [5.41, 5.74) is 0.739. The Balaban J connectivity index is 1.52. The molecule has 0 aromatic heterocycles. The van der Waals surface area contributed by atoms with Crippen molar-refractivity contribution in [3.63, 3.8) is 0 Å². The molecule has 0 saturated carbocycles. The van der Waals surface area contributed by atoms with Gasteiger partial charge in [0.25, 0.3) is 5.91 Å². The zero-order valence-electron chi connectivity index (χ0n) is 16.4. The second kappa shape index (κ2) is 9.27. The number of piperazine rings is 1. The fourth-order valence-corrected chi connectivity index (χ4v) is 3.17. The highest BCUT2D eigenvalue weighted by Gasteiger charge is 2.24. The number of para-hydroxylation sites is 2. The van der Waals surface area contributed by atoms with Gasteiger partial charge in [0.15, 0.2) is 6.61 Å². The molecule has 1 amide bonds. The maximum atomic E-state index is 13.9. The smallest absolute Gasteiger partial charge is 0.341 e. The molecule has 0 radical (unpaired) electrons. The lowest BCUT2D eigenvalue weighted by Crippen LogP contribution is -2.50. The molecule has 0 aliphatic carbocycles. The number of carbonyl (C=O) groups is 2. The first-order valence-electron chi connectivity index (χ1n) is 9.20. The van der Waals surface area contributed by atoms with E-state index < -0.39 is 18.4 Å². The SMILES string of the molecule is COc1ccc(C(=O)OCC(=O)N2CCN(c3ccccc3OC)CC2)c(F)c1. The van der Waals surface area contributed by atoms with Crippen molar-refractivity contribution in [2.45, 2.75) is 0 Å². The van der Waals surface area contributed by atoms with Crippen LogP contribution in [0.15, 0.2) is 42.5 Å². The Hall–Kier alpha value is -3.29. The van der Waals surface area contributed by atoms with Crippen LogP contribution in [0.4, 0.5) is 10.1 Å². The predicted octanol–water partition coefficient (Wildman–Crippen LogP) is 2.35. The number of halogens is 1. The molecule has 1 fully saturated rings. The third kappa shape index (κ3) is 4.77. The fourth-order valence-electron chi connectivity index (χ4n) is 3.17. The third-order valence-corrected chi connectivity index (χ3v) is 4.78. The van der Waals surface area contributed by atoms with Crippen LogP contribution in [-0.4, -0.2) is 63.8 Å². The van der Waals surface area contributed by atoms with Gasteiger partial charge in [0.05, 0.1) is 25.5 Å². The molecule has 154 valence electrons. The molecular formula is C21H23FN2O5. The lowest BCUT2D eigenvalue weighted by atomic mass is 10.2. The molecule has 0 N–H and O–H groups in total. The van der Waals surface area contributed by atoms with Gasteiger partial charge in [-0.3, -0.25) is 4.79 Å². The van der Waals surface area contributed by atoms with Gasteiger partial charge >= 0.3 is 5.97 Å². The molecule has 3 rings (SSSR count). The standard InChI is InChI=1S/C21H23FN2O5/c1-27-15-7-8-16(17(22)13-15)21(26)29-14-20(25)24-11-9-23(10-12-24)18-5-3-4-6-19(18)28-2/h3-8,13H,9-12,14H2,1-2H3. The molecule has 8 heteroatoms. The van der Waals surface area contributed by atoms with Crippen LogP contribution >= 0.6 is 0 Å². The summed E-state index contributed by atoms with van der Waals surface area (Å²) in [6, 6.07) is 11.5. The predicted molar refractivity (Wildman–Crippen MR) is 105 cm³/mol. The number of hydrogen-bond acceptors (Lipinski definition) is 6. The third-order valence-electron chi connectivity index (χ3n) is 4.78. The van der Waals surface area contributed by atoms with E-state index in [1.54, 1.807) is 12.0 Å². The average molecular weight is 402 g/mol. The number of anilines is 1. The van der Waals surface area contributed by atoms with Gasteiger partial charge in [-0.15, -0.1) is 0 Å².